The molecule has 0 unspecified atom stereocenters. The van der Waals surface area contributed by atoms with Crippen molar-refractivity contribution in [1.82, 2.24) is 0 Å². The van der Waals surface area contributed by atoms with Gasteiger partial charge in [-0.05, 0) is 42.8 Å². The van der Waals surface area contributed by atoms with Crippen molar-refractivity contribution in [2.45, 2.75) is 13.5 Å². The molecule has 0 saturated carbocycles. The number of hydrogen-bond donors (Lipinski definition) is 2. The maximum atomic E-state index is 12.4. The fraction of sp³-hybridized carbons (Fsp3) is 0.130. The second kappa shape index (κ2) is 8.39. The van der Waals surface area contributed by atoms with Crippen LogP contribution in [0.3, 0.4) is 0 Å². The summed E-state index contributed by atoms with van der Waals surface area (Å²) in [4.78, 5) is 26.1. The van der Waals surface area contributed by atoms with Crippen LogP contribution in [0.25, 0.3) is 0 Å². The average molecular weight is 374 g/mol. The molecule has 1 amide bonds. The number of nitrogens with one attached hydrogen (secondary N) is 1. The van der Waals surface area contributed by atoms with E-state index in [1.54, 1.807) is 24.3 Å². The Morgan fingerprint density at radius 1 is 0.964 bits per heavy atom. The zero-order valence-corrected chi connectivity index (χ0v) is 15.8. The zero-order valence-electron chi connectivity index (χ0n) is 15.8. The topological polar surface area (TPSA) is 69.6 Å². The van der Waals surface area contributed by atoms with Gasteiger partial charge in [-0.2, -0.15) is 0 Å². The van der Waals surface area contributed by atoms with Crippen LogP contribution in [0.5, 0.6) is 0 Å². The summed E-state index contributed by atoms with van der Waals surface area (Å²) in [5.74, 6) is -1.32. The minimum atomic E-state index is -1.04. The van der Waals surface area contributed by atoms with E-state index in [0.29, 0.717) is 23.5 Å². The van der Waals surface area contributed by atoms with Gasteiger partial charge in [-0.25, -0.2) is 4.79 Å². The molecule has 142 valence electrons. The number of amides is 1. The van der Waals surface area contributed by atoms with Gasteiger partial charge >= 0.3 is 5.97 Å². The van der Waals surface area contributed by atoms with E-state index in [1.807, 2.05) is 61.3 Å². The van der Waals surface area contributed by atoms with Crippen molar-refractivity contribution in [2.75, 3.05) is 17.3 Å². The molecule has 0 bridgehead atoms. The van der Waals surface area contributed by atoms with Crippen LogP contribution in [0.4, 0.5) is 11.4 Å². The molecule has 0 saturated heterocycles. The number of anilines is 2. The van der Waals surface area contributed by atoms with E-state index < -0.39 is 5.97 Å². The van der Waals surface area contributed by atoms with Crippen molar-refractivity contribution < 1.29 is 14.7 Å². The van der Waals surface area contributed by atoms with Crippen molar-refractivity contribution in [3.05, 3.63) is 95.1 Å². The largest absolute Gasteiger partial charge is 0.478 e. The number of rotatable bonds is 6. The van der Waals surface area contributed by atoms with Gasteiger partial charge in [-0.15, -0.1) is 0 Å². The normalized spacial score (nSPS) is 10.4. The summed E-state index contributed by atoms with van der Waals surface area (Å²) in [6, 6.07) is 22.0. The summed E-state index contributed by atoms with van der Waals surface area (Å²) >= 11 is 0. The number of carboxylic acids is 1. The van der Waals surface area contributed by atoms with Gasteiger partial charge in [0.2, 0.25) is 0 Å². The SMILES string of the molecule is Cc1ccc(C(=O)Nc2ccc(N(C)Cc3ccccc3)c(C(=O)O)c2)cc1. The number of aromatic carboxylic acids is 1. The predicted octanol–water partition coefficient (Wildman–Crippen LogP) is 4.58. The molecule has 0 fully saturated rings. The second-order valence-electron chi connectivity index (χ2n) is 6.70. The number of carbonyl (C=O) groups excluding carboxylic acids is 1. The fourth-order valence-electron chi connectivity index (χ4n) is 2.97. The molecule has 0 heterocycles. The minimum absolute atomic E-state index is 0.139. The first-order valence-electron chi connectivity index (χ1n) is 8.94. The van der Waals surface area contributed by atoms with Gasteiger partial charge in [0, 0.05) is 24.8 Å². The van der Waals surface area contributed by atoms with E-state index in [4.69, 9.17) is 0 Å². The van der Waals surface area contributed by atoms with Crippen LogP contribution in [0, 0.1) is 6.92 Å². The second-order valence-corrected chi connectivity index (χ2v) is 6.70. The molecule has 0 aliphatic heterocycles. The Balaban J connectivity index is 1.81. The summed E-state index contributed by atoms with van der Waals surface area (Å²) in [5.41, 5.74) is 3.84. The molecule has 3 aromatic carbocycles. The van der Waals surface area contributed by atoms with Gasteiger partial charge in [0.25, 0.3) is 5.91 Å². The summed E-state index contributed by atoms with van der Waals surface area (Å²) in [5, 5.41) is 12.4. The van der Waals surface area contributed by atoms with E-state index in [0.717, 1.165) is 11.1 Å². The number of aryl methyl sites for hydroxylation is 1. The predicted molar refractivity (Wildman–Crippen MR) is 111 cm³/mol. The molecule has 2 N–H and O–H groups in total. The molecule has 5 heteroatoms. The number of carbonyl (C=O) groups is 2. The van der Waals surface area contributed by atoms with E-state index >= 15 is 0 Å². The lowest BCUT2D eigenvalue weighted by Gasteiger charge is -2.22. The molecule has 3 rings (SSSR count). The Morgan fingerprint density at radius 3 is 2.29 bits per heavy atom. The lowest BCUT2D eigenvalue weighted by molar-refractivity contribution is 0.0697. The molecule has 28 heavy (non-hydrogen) atoms. The van der Waals surface area contributed by atoms with E-state index in [9.17, 15) is 14.7 Å². The third kappa shape index (κ3) is 4.57. The highest BCUT2D eigenvalue weighted by atomic mass is 16.4. The first kappa shape index (κ1) is 19.2. The van der Waals surface area contributed by atoms with Gasteiger partial charge in [-0.3, -0.25) is 4.79 Å². The molecule has 3 aromatic rings. The van der Waals surface area contributed by atoms with Crippen LogP contribution in [-0.4, -0.2) is 24.0 Å². The van der Waals surface area contributed by atoms with Gasteiger partial charge in [-0.1, -0.05) is 48.0 Å². The highest BCUT2D eigenvalue weighted by molar-refractivity contribution is 6.05. The Hall–Kier alpha value is -3.60. The van der Waals surface area contributed by atoms with E-state index in [1.165, 1.54) is 6.07 Å². The Morgan fingerprint density at radius 2 is 1.64 bits per heavy atom. The Labute approximate surface area is 164 Å². The summed E-state index contributed by atoms with van der Waals surface area (Å²) in [6.45, 7) is 2.53. The Kier molecular flexibility index (Phi) is 5.75. The minimum Gasteiger partial charge on any atom is -0.478 e. The molecule has 0 radical (unpaired) electrons. The van der Waals surface area contributed by atoms with Crippen LogP contribution < -0.4 is 10.2 Å². The highest BCUT2D eigenvalue weighted by Gasteiger charge is 2.16. The smallest absolute Gasteiger partial charge is 0.337 e. The van der Waals surface area contributed by atoms with Gasteiger partial charge in [0.15, 0.2) is 0 Å². The monoisotopic (exact) mass is 374 g/mol. The molecule has 0 aromatic heterocycles. The van der Waals surface area contributed by atoms with Crippen molar-refractivity contribution in [3.63, 3.8) is 0 Å². The lowest BCUT2D eigenvalue weighted by atomic mass is 10.1. The molecule has 0 aliphatic rings. The van der Waals surface area contributed by atoms with Gasteiger partial charge in [0.1, 0.15) is 0 Å². The zero-order chi connectivity index (χ0) is 20.1. The number of hydrogen-bond acceptors (Lipinski definition) is 3. The van der Waals surface area contributed by atoms with E-state index in [-0.39, 0.29) is 11.5 Å². The van der Waals surface area contributed by atoms with Crippen molar-refractivity contribution >= 4 is 23.3 Å². The maximum Gasteiger partial charge on any atom is 0.337 e. The van der Waals surface area contributed by atoms with Gasteiger partial charge in [0.05, 0.1) is 11.3 Å². The average Bonchev–Trinajstić information content (AvgIpc) is 2.69. The molecule has 0 atom stereocenters. The van der Waals surface area contributed by atoms with Crippen molar-refractivity contribution in [1.29, 1.82) is 0 Å². The van der Waals surface area contributed by atoms with Crippen molar-refractivity contribution in [2.24, 2.45) is 0 Å². The third-order valence-corrected chi connectivity index (χ3v) is 4.47. The van der Waals surface area contributed by atoms with Crippen LogP contribution in [0.15, 0.2) is 72.8 Å². The molecule has 5 nitrogen and oxygen atoms in total. The summed E-state index contributed by atoms with van der Waals surface area (Å²) in [7, 11) is 1.85. The fourth-order valence-corrected chi connectivity index (χ4v) is 2.97. The standard InChI is InChI=1S/C23H22N2O3/c1-16-8-10-18(11-9-16)22(26)24-19-12-13-21(20(14-19)23(27)28)25(2)15-17-6-4-3-5-7-17/h3-14H,15H2,1-2H3,(H,24,26)(H,27,28). The van der Waals surface area contributed by atoms with Crippen LogP contribution in [-0.2, 0) is 6.54 Å². The van der Waals surface area contributed by atoms with Gasteiger partial charge < -0.3 is 15.3 Å². The number of nitrogens with zero attached hydrogens (tertiary/aromatic N) is 1. The number of carboxylic acid groups (broad SMARTS) is 1. The molecule has 0 aliphatic carbocycles. The van der Waals surface area contributed by atoms with Crippen LogP contribution >= 0.6 is 0 Å². The molecule has 0 spiro atoms. The lowest BCUT2D eigenvalue weighted by Crippen LogP contribution is -2.20. The molecular weight excluding hydrogens is 352 g/mol. The molecular formula is C23H22N2O3. The van der Waals surface area contributed by atoms with Crippen LogP contribution in [0.1, 0.15) is 31.8 Å². The van der Waals surface area contributed by atoms with Crippen molar-refractivity contribution in [3.8, 4) is 0 Å². The first-order chi connectivity index (χ1) is 13.4. The first-order valence-corrected chi connectivity index (χ1v) is 8.94. The Bertz CT molecular complexity index is 982. The highest BCUT2D eigenvalue weighted by Crippen LogP contribution is 2.25. The van der Waals surface area contributed by atoms with E-state index in [2.05, 4.69) is 5.32 Å². The van der Waals surface area contributed by atoms with Crippen LogP contribution in [0.2, 0.25) is 0 Å². The quantitative estimate of drug-likeness (QED) is 0.662. The number of benzene rings is 3. The third-order valence-electron chi connectivity index (χ3n) is 4.47. The summed E-state index contributed by atoms with van der Waals surface area (Å²) in [6.07, 6.45) is 0. The summed E-state index contributed by atoms with van der Waals surface area (Å²) < 4.78 is 0. The maximum absolute atomic E-state index is 12.4.